The monoisotopic (exact) mass is 328 g/mol. The minimum absolute atomic E-state index is 0.00878. The Morgan fingerprint density at radius 3 is 1.25 bits per heavy atom. The average molecular weight is 328 g/mol. The SMILES string of the molecule is C[C@](Cc1ccccc1)([N+](=O)[O-])[C@@](C)(Cc1ccccc1)[N+](=O)[O-]. The van der Waals surface area contributed by atoms with E-state index >= 15 is 0 Å². The molecule has 2 aromatic rings. The van der Waals surface area contributed by atoms with Crippen molar-refractivity contribution in [1.82, 2.24) is 0 Å². The highest BCUT2D eigenvalue weighted by molar-refractivity contribution is 5.22. The number of nitro groups is 2. The number of hydrogen-bond acceptors (Lipinski definition) is 4. The van der Waals surface area contributed by atoms with Crippen molar-refractivity contribution in [2.45, 2.75) is 37.8 Å². The van der Waals surface area contributed by atoms with Crippen LogP contribution in [0.15, 0.2) is 60.7 Å². The van der Waals surface area contributed by atoms with Gasteiger partial charge in [0.2, 0.25) is 0 Å². The topological polar surface area (TPSA) is 86.3 Å². The van der Waals surface area contributed by atoms with E-state index in [0.717, 1.165) is 0 Å². The van der Waals surface area contributed by atoms with E-state index in [1.165, 1.54) is 13.8 Å². The molecule has 6 nitrogen and oxygen atoms in total. The fourth-order valence-electron chi connectivity index (χ4n) is 2.89. The van der Waals surface area contributed by atoms with Gasteiger partial charge in [0, 0.05) is 23.7 Å². The average Bonchev–Trinajstić information content (AvgIpc) is 2.56. The van der Waals surface area contributed by atoms with E-state index in [2.05, 4.69) is 0 Å². The van der Waals surface area contributed by atoms with Crippen LogP contribution < -0.4 is 0 Å². The summed E-state index contributed by atoms with van der Waals surface area (Å²) >= 11 is 0. The molecule has 0 heterocycles. The Kier molecular flexibility index (Phi) is 4.97. The summed E-state index contributed by atoms with van der Waals surface area (Å²) in [4.78, 5) is 22.7. The minimum Gasteiger partial charge on any atom is -0.264 e. The quantitative estimate of drug-likeness (QED) is 0.574. The molecule has 0 aliphatic rings. The number of rotatable bonds is 7. The standard InChI is InChI=1S/C18H20N2O4/c1-17(19(21)22,13-15-9-5-3-6-10-15)18(2,20(23)24)14-16-11-7-4-8-12-16/h3-12H,13-14H2,1-2H3/t17-,18-/m1/s1. The molecular weight excluding hydrogens is 308 g/mol. The molecule has 0 fully saturated rings. The summed E-state index contributed by atoms with van der Waals surface area (Å²) in [5.41, 5.74) is -2.07. The van der Waals surface area contributed by atoms with Crippen LogP contribution in [0.25, 0.3) is 0 Å². The summed E-state index contributed by atoms with van der Waals surface area (Å²) < 4.78 is 0. The second kappa shape index (κ2) is 6.78. The predicted octanol–water partition coefficient (Wildman–Crippen LogP) is 3.54. The highest BCUT2D eigenvalue weighted by Gasteiger charge is 2.64. The third-order valence-electron chi connectivity index (χ3n) is 4.75. The van der Waals surface area contributed by atoms with Gasteiger partial charge in [-0.15, -0.1) is 0 Å². The Labute approximate surface area is 140 Å². The molecule has 2 atom stereocenters. The molecule has 0 bridgehead atoms. The summed E-state index contributed by atoms with van der Waals surface area (Å²) in [6.45, 7) is 2.73. The van der Waals surface area contributed by atoms with Gasteiger partial charge in [0.05, 0.1) is 12.8 Å². The van der Waals surface area contributed by atoms with Crippen LogP contribution in [-0.4, -0.2) is 20.9 Å². The normalized spacial score (nSPS) is 15.9. The maximum absolute atomic E-state index is 11.9. The van der Waals surface area contributed by atoms with Crippen LogP contribution in [0.4, 0.5) is 0 Å². The largest absolute Gasteiger partial charge is 0.291 e. The Hall–Kier alpha value is -2.76. The molecule has 0 aliphatic heterocycles. The van der Waals surface area contributed by atoms with Gasteiger partial charge in [-0.2, -0.15) is 0 Å². The maximum atomic E-state index is 11.9. The first kappa shape index (κ1) is 17.6. The van der Waals surface area contributed by atoms with Gasteiger partial charge in [0.25, 0.3) is 11.1 Å². The van der Waals surface area contributed by atoms with Gasteiger partial charge >= 0.3 is 0 Å². The first-order chi connectivity index (χ1) is 11.3. The van der Waals surface area contributed by atoms with E-state index in [9.17, 15) is 20.2 Å². The summed E-state index contributed by atoms with van der Waals surface area (Å²) in [6.07, 6.45) is -0.0176. The third-order valence-corrected chi connectivity index (χ3v) is 4.75. The first-order valence-electron chi connectivity index (χ1n) is 7.66. The van der Waals surface area contributed by atoms with Crippen LogP contribution >= 0.6 is 0 Å². The fourth-order valence-corrected chi connectivity index (χ4v) is 2.89. The summed E-state index contributed by atoms with van der Waals surface area (Å²) in [7, 11) is 0. The van der Waals surface area contributed by atoms with Crippen molar-refractivity contribution in [3.05, 3.63) is 92.0 Å². The van der Waals surface area contributed by atoms with Crippen molar-refractivity contribution >= 4 is 0 Å². The van der Waals surface area contributed by atoms with Crippen LogP contribution in [-0.2, 0) is 12.8 Å². The maximum Gasteiger partial charge on any atom is 0.291 e. The van der Waals surface area contributed by atoms with Gasteiger partial charge in [-0.1, -0.05) is 60.7 Å². The molecule has 0 unspecified atom stereocenters. The zero-order valence-electron chi connectivity index (χ0n) is 13.7. The van der Waals surface area contributed by atoms with E-state index in [0.29, 0.717) is 11.1 Å². The van der Waals surface area contributed by atoms with Gasteiger partial charge in [-0.3, -0.25) is 20.2 Å². The van der Waals surface area contributed by atoms with Crippen LogP contribution in [0, 0.1) is 20.2 Å². The molecule has 0 aliphatic carbocycles. The van der Waals surface area contributed by atoms with E-state index < -0.39 is 20.9 Å². The molecule has 0 aromatic heterocycles. The Bertz CT molecular complexity index is 657. The fraction of sp³-hybridized carbons (Fsp3) is 0.333. The van der Waals surface area contributed by atoms with Gasteiger partial charge < -0.3 is 0 Å². The van der Waals surface area contributed by atoms with Gasteiger partial charge in [0.15, 0.2) is 0 Å². The molecule has 0 amide bonds. The predicted molar refractivity (Wildman–Crippen MR) is 91.1 cm³/mol. The second-order valence-corrected chi connectivity index (χ2v) is 6.39. The smallest absolute Gasteiger partial charge is 0.264 e. The second-order valence-electron chi connectivity index (χ2n) is 6.39. The van der Waals surface area contributed by atoms with Crippen LogP contribution in [0.1, 0.15) is 25.0 Å². The van der Waals surface area contributed by atoms with E-state index in [4.69, 9.17) is 0 Å². The molecule has 0 N–H and O–H groups in total. The van der Waals surface area contributed by atoms with Gasteiger partial charge in [0.1, 0.15) is 0 Å². The Balaban J connectivity index is 2.47. The molecule has 24 heavy (non-hydrogen) atoms. The van der Waals surface area contributed by atoms with E-state index in [-0.39, 0.29) is 12.8 Å². The lowest BCUT2D eigenvalue weighted by atomic mass is 9.72. The molecule has 126 valence electrons. The van der Waals surface area contributed by atoms with E-state index in [1.54, 1.807) is 48.5 Å². The molecule has 0 spiro atoms. The number of nitrogens with zero attached hydrogens (tertiary/aromatic N) is 2. The third kappa shape index (κ3) is 3.27. The molecule has 0 saturated carbocycles. The van der Waals surface area contributed by atoms with Crippen molar-refractivity contribution in [1.29, 1.82) is 0 Å². The Morgan fingerprint density at radius 2 is 1.00 bits per heavy atom. The highest BCUT2D eigenvalue weighted by atomic mass is 16.6. The zero-order chi connectivity index (χ0) is 17.8. The summed E-state index contributed by atoms with van der Waals surface area (Å²) in [5, 5.41) is 23.7. The molecular formula is C18H20N2O4. The van der Waals surface area contributed by atoms with Crippen molar-refractivity contribution in [2.75, 3.05) is 0 Å². The molecule has 2 aromatic carbocycles. The van der Waals surface area contributed by atoms with Crippen molar-refractivity contribution < 1.29 is 9.85 Å². The molecule has 2 rings (SSSR count). The lowest BCUT2D eigenvalue weighted by Crippen LogP contribution is -2.62. The lowest BCUT2D eigenvalue weighted by molar-refractivity contribution is -0.680. The van der Waals surface area contributed by atoms with Crippen molar-refractivity contribution in [3.63, 3.8) is 0 Å². The Morgan fingerprint density at radius 1 is 0.708 bits per heavy atom. The highest BCUT2D eigenvalue weighted by Crippen LogP contribution is 2.35. The number of benzene rings is 2. The molecule has 0 radical (unpaired) electrons. The minimum atomic E-state index is -1.74. The summed E-state index contributed by atoms with van der Waals surface area (Å²) in [6, 6.07) is 17.7. The van der Waals surface area contributed by atoms with Crippen LogP contribution in [0.3, 0.4) is 0 Å². The van der Waals surface area contributed by atoms with Gasteiger partial charge in [-0.05, 0) is 11.1 Å². The van der Waals surface area contributed by atoms with Crippen LogP contribution in [0.2, 0.25) is 0 Å². The van der Waals surface area contributed by atoms with E-state index in [1.807, 2.05) is 12.1 Å². The van der Waals surface area contributed by atoms with Crippen molar-refractivity contribution in [3.8, 4) is 0 Å². The molecule has 0 saturated heterocycles. The lowest BCUT2D eigenvalue weighted by Gasteiger charge is -2.32. The number of hydrogen-bond donors (Lipinski definition) is 0. The van der Waals surface area contributed by atoms with Crippen LogP contribution in [0.5, 0.6) is 0 Å². The zero-order valence-corrected chi connectivity index (χ0v) is 13.7. The molecule has 6 heteroatoms. The first-order valence-corrected chi connectivity index (χ1v) is 7.66. The van der Waals surface area contributed by atoms with Crippen molar-refractivity contribution in [2.24, 2.45) is 0 Å². The van der Waals surface area contributed by atoms with Gasteiger partial charge in [-0.25, -0.2) is 0 Å². The summed E-state index contributed by atoms with van der Waals surface area (Å²) in [5.74, 6) is 0.